The molecule has 1 amide bonds. The van der Waals surface area contributed by atoms with E-state index in [0.29, 0.717) is 35.3 Å². The third kappa shape index (κ3) is 4.51. The average Bonchev–Trinajstić information content (AvgIpc) is 2.55. The van der Waals surface area contributed by atoms with Crippen LogP contribution in [0.5, 0.6) is 17.2 Å². The molecule has 1 fully saturated rings. The standard InChI is InChI=1S/C17H26N2O4/c1-19-7-5-12(6-8-19)9-16(20)18-13-10-14(21-2)17(23-4)15(11-13)22-3/h10-12H,5-9H2,1-4H3,(H,18,20). The molecular weight excluding hydrogens is 296 g/mol. The first-order valence-electron chi connectivity index (χ1n) is 7.85. The number of piperidine rings is 1. The van der Waals surface area contributed by atoms with Crippen molar-refractivity contribution in [2.45, 2.75) is 19.3 Å². The molecule has 0 bridgehead atoms. The van der Waals surface area contributed by atoms with Gasteiger partial charge in [0, 0.05) is 24.2 Å². The van der Waals surface area contributed by atoms with Crippen molar-refractivity contribution >= 4 is 11.6 Å². The Balaban J connectivity index is 2.02. The molecule has 0 saturated carbocycles. The van der Waals surface area contributed by atoms with Gasteiger partial charge < -0.3 is 24.4 Å². The van der Waals surface area contributed by atoms with Crippen molar-refractivity contribution < 1.29 is 19.0 Å². The number of hydrogen-bond acceptors (Lipinski definition) is 5. The van der Waals surface area contributed by atoms with E-state index in [2.05, 4.69) is 17.3 Å². The van der Waals surface area contributed by atoms with E-state index < -0.39 is 0 Å². The predicted molar refractivity (Wildman–Crippen MR) is 89.6 cm³/mol. The number of carbonyl (C=O) groups is 1. The van der Waals surface area contributed by atoms with Crippen molar-refractivity contribution in [2.24, 2.45) is 5.92 Å². The van der Waals surface area contributed by atoms with Gasteiger partial charge in [-0.2, -0.15) is 0 Å². The van der Waals surface area contributed by atoms with Crippen LogP contribution in [-0.4, -0.2) is 52.3 Å². The molecule has 0 aliphatic carbocycles. The Hall–Kier alpha value is -1.95. The van der Waals surface area contributed by atoms with Crippen molar-refractivity contribution in [3.05, 3.63) is 12.1 Å². The van der Waals surface area contributed by atoms with Crippen LogP contribution < -0.4 is 19.5 Å². The van der Waals surface area contributed by atoms with Crippen molar-refractivity contribution in [1.82, 2.24) is 4.90 Å². The molecule has 2 rings (SSSR count). The molecule has 1 aromatic carbocycles. The molecule has 6 heteroatoms. The van der Waals surface area contributed by atoms with Gasteiger partial charge in [-0.3, -0.25) is 4.79 Å². The lowest BCUT2D eigenvalue weighted by atomic mass is 9.93. The summed E-state index contributed by atoms with van der Waals surface area (Å²) in [5, 5.41) is 2.93. The summed E-state index contributed by atoms with van der Waals surface area (Å²) in [5.41, 5.74) is 0.650. The van der Waals surface area contributed by atoms with Gasteiger partial charge in [0.05, 0.1) is 21.3 Å². The van der Waals surface area contributed by atoms with Gasteiger partial charge in [-0.05, 0) is 38.9 Å². The zero-order chi connectivity index (χ0) is 16.8. The molecule has 0 aromatic heterocycles. The van der Waals surface area contributed by atoms with E-state index in [4.69, 9.17) is 14.2 Å². The van der Waals surface area contributed by atoms with Gasteiger partial charge in [-0.1, -0.05) is 0 Å². The van der Waals surface area contributed by atoms with Gasteiger partial charge in [0.15, 0.2) is 11.5 Å². The highest BCUT2D eigenvalue weighted by molar-refractivity contribution is 5.91. The van der Waals surface area contributed by atoms with E-state index >= 15 is 0 Å². The number of carbonyl (C=O) groups excluding carboxylic acids is 1. The van der Waals surface area contributed by atoms with Gasteiger partial charge in [0.2, 0.25) is 11.7 Å². The van der Waals surface area contributed by atoms with E-state index in [1.165, 1.54) is 0 Å². The fourth-order valence-electron chi connectivity index (χ4n) is 2.89. The molecule has 1 aliphatic rings. The summed E-state index contributed by atoms with van der Waals surface area (Å²) < 4.78 is 15.9. The van der Waals surface area contributed by atoms with E-state index in [1.54, 1.807) is 33.5 Å². The summed E-state index contributed by atoms with van der Waals surface area (Å²) in [6.45, 7) is 2.12. The van der Waals surface area contributed by atoms with Crippen LogP contribution in [0.25, 0.3) is 0 Å². The molecule has 1 N–H and O–H groups in total. The summed E-state index contributed by atoms with van der Waals surface area (Å²) in [6, 6.07) is 3.49. The highest BCUT2D eigenvalue weighted by Crippen LogP contribution is 2.40. The van der Waals surface area contributed by atoms with Gasteiger partial charge in [0.1, 0.15) is 0 Å². The number of methoxy groups -OCH3 is 3. The van der Waals surface area contributed by atoms with E-state index in [0.717, 1.165) is 25.9 Å². The number of hydrogen-bond donors (Lipinski definition) is 1. The number of ether oxygens (including phenoxy) is 3. The minimum Gasteiger partial charge on any atom is -0.493 e. The number of likely N-dealkylation sites (tertiary alicyclic amines) is 1. The SMILES string of the molecule is COc1cc(NC(=O)CC2CCN(C)CC2)cc(OC)c1OC. The summed E-state index contributed by atoms with van der Waals surface area (Å²) >= 11 is 0. The van der Waals surface area contributed by atoms with Crippen LogP contribution >= 0.6 is 0 Å². The lowest BCUT2D eigenvalue weighted by molar-refractivity contribution is -0.117. The maximum Gasteiger partial charge on any atom is 0.224 e. The second-order valence-corrected chi connectivity index (χ2v) is 5.91. The Morgan fingerprint density at radius 3 is 2.17 bits per heavy atom. The molecule has 0 unspecified atom stereocenters. The first-order chi connectivity index (χ1) is 11.1. The number of nitrogens with one attached hydrogen (secondary N) is 1. The third-order valence-corrected chi connectivity index (χ3v) is 4.26. The number of anilines is 1. The Morgan fingerprint density at radius 2 is 1.70 bits per heavy atom. The molecule has 1 heterocycles. The van der Waals surface area contributed by atoms with E-state index in [-0.39, 0.29) is 5.91 Å². The number of amides is 1. The van der Waals surface area contributed by atoms with Gasteiger partial charge in [-0.15, -0.1) is 0 Å². The lowest BCUT2D eigenvalue weighted by Gasteiger charge is -2.28. The normalized spacial score (nSPS) is 16.0. The topological polar surface area (TPSA) is 60.0 Å². The van der Waals surface area contributed by atoms with Gasteiger partial charge in [0.25, 0.3) is 0 Å². The zero-order valence-corrected chi connectivity index (χ0v) is 14.3. The van der Waals surface area contributed by atoms with Crippen LogP contribution in [0.2, 0.25) is 0 Å². The fourth-order valence-corrected chi connectivity index (χ4v) is 2.89. The third-order valence-electron chi connectivity index (χ3n) is 4.26. The van der Waals surface area contributed by atoms with Crippen LogP contribution in [0, 0.1) is 5.92 Å². The summed E-state index contributed by atoms with van der Waals surface area (Å²) in [6.07, 6.45) is 2.68. The minimum absolute atomic E-state index is 0.0221. The van der Waals surface area contributed by atoms with Crippen LogP contribution in [0.1, 0.15) is 19.3 Å². The van der Waals surface area contributed by atoms with E-state index in [9.17, 15) is 4.79 Å². The zero-order valence-electron chi connectivity index (χ0n) is 14.3. The molecule has 0 radical (unpaired) electrons. The molecule has 1 aromatic rings. The Morgan fingerprint density at radius 1 is 1.13 bits per heavy atom. The molecular formula is C17H26N2O4. The monoisotopic (exact) mass is 322 g/mol. The maximum atomic E-state index is 12.3. The maximum absolute atomic E-state index is 12.3. The first kappa shape index (κ1) is 17.4. The fraction of sp³-hybridized carbons (Fsp3) is 0.588. The molecule has 0 spiro atoms. The quantitative estimate of drug-likeness (QED) is 0.871. The number of benzene rings is 1. The first-order valence-corrected chi connectivity index (χ1v) is 7.85. The average molecular weight is 322 g/mol. The van der Waals surface area contributed by atoms with Crippen molar-refractivity contribution in [1.29, 1.82) is 0 Å². The molecule has 1 aliphatic heterocycles. The molecule has 1 saturated heterocycles. The molecule has 0 atom stereocenters. The molecule has 128 valence electrons. The second-order valence-electron chi connectivity index (χ2n) is 5.91. The lowest BCUT2D eigenvalue weighted by Crippen LogP contribution is -2.31. The van der Waals surface area contributed by atoms with Crippen molar-refractivity contribution in [3.63, 3.8) is 0 Å². The predicted octanol–water partition coefficient (Wildman–Crippen LogP) is 2.38. The summed E-state index contributed by atoms with van der Waals surface area (Å²) in [4.78, 5) is 14.6. The largest absolute Gasteiger partial charge is 0.493 e. The number of rotatable bonds is 6. The van der Waals surface area contributed by atoms with Crippen LogP contribution in [0.15, 0.2) is 12.1 Å². The smallest absolute Gasteiger partial charge is 0.224 e. The Bertz CT molecular complexity index is 514. The van der Waals surface area contributed by atoms with E-state index in [1.807, 2.05) is 0 Å². The van der Waals surface area contributed by atoms with Gasteiger partial charge in [-0.25, -0.2) is 0 Å². The summed E-state index contributed by atoms with van der Waals surface area (Å²) in [7, 11) is 6.79. The number of nitrogens with zero attached hydrogens (tertiary/aromatic N) is 1. The second kappa shape index (κ2) is 8.06. The van der Waals surface area contributed by atoms with Crippen LogP contribution in [-0.2, 0) is 4.79 Å². The van der Waals surface area contributed by atoms with Crippen molar-refractivity contribution in [2.75, 3.05) is 46.8 Å². The highest BCUT2D eigenvalue weighted by Gasteiger charge is 2.20. The van der Waals surface area contributed by atoms with Crippen LogP contribution in [0.3, 0.4) is 0 Å². The van der Waals surface area contributed by atoms with Gasteiger partial charge >= 0.3 is 0 Å². The van der Waals surface area contributed by atoms with Crippen LogP contribution in [0.4, 0.5) is 5.69 Å². The minimum atomic E-state index is 0.0221. The van der Waals surface area contributed by atoms with Crippen molar-refractivity contribution in [3.8, 4) is 17.2 Å². The molecule has 6 nitrogen and oxygen atoms in total. The Labute approximate surface area is 137 Å². The highest BCUT2D eigenvalue weighted by atomic mass is 16.5. The Kier molecular flexibility index (Phi) is 6.10. The molecule has 23 heavy (non-hydrogen) atoms. The summed E-state index contributed by atoms with van der Waals surface area (Å²) in [5.74, 6) is 2.05.